The van der Waals surface area contributed by atoms with Gasteiger partial charge in [0.15, 0.2) is 16.7 Å². The fraction of sp³-hybridized carbons (Fsp3) is 0.158. The first-order valence-corrected chi connectivity index (χ1v) is 8.49. The normalized spacial score (nSPS) is 17.0. The van der Waals surface area contributed by atoms with E-state index in [1.54, 1.807) is 14.2 Å². The van der Waals surface area contributed by atoms with E-state index in [1.807, 2.05) is 55.5 Å². The average Bonchev–Trinajstić information content (AvgIpc) is 2.96. The van der Waals surface area contributed by atoms with Gasteiger partial charge in [0.25, 0.3) is 5.91 Å². The van der Waals surface area contributed by atoms with Gasteiger partial charge >= 0.3 is 0 Å². The number of nitrogens with one attached hydrogen (secondary N) is 1. The molecule has 0 atom stereocenters. The molecule has 1 fully saturated rings. The van der Waals surface area contributed by atoms with Crippen LogP contribution in [-0.4, -0.2) is 25.3 Å². The minimum Gasteiger partial charge on any atom is -0.493 e. The third-order valence-corrected chi connectivity index (χ3v) is 4.60. The van der Waals surface area contributed by atoms with Gasteiger partial charge in [-0.15, -0.1) is 0 Å². The minimum atomic E-state index is -0.160. The Balaban J connectivity index is 1.86. The highest BCUT2D eigenvalue weighted by Crippen LogP contribution is 2.32. The maximum absolute atomic E-state index is 12.2. The van der Waals surface area contributed by atoms with Crippen LogP contribution in [0.25, 0.3) is 6.08 Å². The van der Waals surface area contributed by atoms with Crippen molar-refractivity contribution in [3.63, 3.8) is 0 Å². The first kappa shape index (κ1) is 17.1. The van der Waals surface area contributed by atoms with Crippen molar-refractivity contribution in [1.29, 1.82) is 0 Å². The summed E-state index contributed by atoms with van der Waals surface area (Å²) in [5.41, 5.74) is 2.76. The third kappa shape index (κ3) is 3.85. The molecular weight excluding hydrogens is 336 g/mol. The van der Waals surface area contributed by atoms with Crippen molar-refractivity contribution in [1.82, 2.24) is 5.32 Å². The van der Waals surface area contributed by atoms with Crippen LogP contribution in [-0.2, 0) is 4.79 Å². The van der Waals surface area contributed by atoms with Gasteiger partial charge in [-0.1, -0.05) is 24.3 Å². The minimum absolute atomic E-state index is 0.160. The molecule has 0 unspecified atom stereocenters. The number of rotatable bonds is 4. The Labute approximate surface area is 150 Å². The maximum atomic E-state index is 12.2. The highest BCUT2D eigenvalue weighted by atomic mass is 32.2. The van der Waals surface area contributed by atoms with Crippen molar-refractivity contribution < 1.29 is 14.3 Å². The van der Waals surface area contributed by atoms with Crippen molar-refractivity contribution in [3.8, 4) is 11.5 Å². The molecule has 1 aliphatic heterocycles. The number of benzene rings is 2. The highest BCUT2D eigenvalue weighted by Gasteiger charge is 2.24. The van der Waals surface area contributed by atoms with E-state index >= 15 is 0 Å². The molecule has 25 heavy (non-hydrogen) atoms. The van der Waals surface area contributed by atoms with Gasteiger partial charge in [-0.2, -0.15) is 0 Å². The van der Waals surface area contributed by atoms with E-state index in [0.29, 0.717) is 21.6 Å². The molecule has 1 N–H and O–H groups in total. The van der Waals surface area contributed by atoms with Crippen molar-refractivity contribution in [3.05, 3.63) is 58.5 Å². The Morgan fingerprint density at radius 2 is 1.84 bits per heavy atom. The van der Waals surface area contributed by atoms with Crippen molar-refractivity contribution in [2.45, 2.75) is 6.92 Å². The average molecular weight is 354 g/mol. The van der Waals surface area contributed by atoms with E-state index in [1.165, 1.54) is 11.8 Å². The Hall–Kier alpha value is -2.73. The lowest BCUT2D eigenvalue weighted by Crippen LogP contribution is -2.19. The predicted octanol–water partition coefficient (Wildman–Crippen LogP) is 3.90. The third-order valence-electron chi connectivity index (χ3n) is 3.69. The van der Waals surface area contributed by atoms with Gasteiger partial charge in [0.05, 0.1) is 24.8 Å². The van der Waals surface area contributed by atoms with Crippen LogP contribution >= 0.6 is 11.8 Å². The van der Waals surface area contributed by atoms with Crippen LogP contribution in [0.2, 0.25) is 0 Å². The van der Waals surface area contributed by atoms with Gasteiger partial charge in [0.1, 0.15) is 0 Å². The zero-order chi connectivity index (χ0) is 17.8. The zero-order valence-corrected chi connectivity index (χ0v) is 15.0. The summed E-state index contributed by atoms with van der Waals surface area (Å²) in [6.07, 6.45) is 1.81. The van der Waals surface area contributed by atoms with E-state index in [2.05, 4.69) is 10.3 Å². The second-order valence-corrected chi connectivity index (χ2v) is 6.41. The van der Waals surface area contributed by atoms with Crippen molar-refractivity contribution in [2.75, 3.05) is 14.2 Å². The lowest BCUT2D eigenvalue weighted by atomic mass is 10.2. The molecule has 1 amide bonds. The molecule has 5 nitrogen and oxygen atoms in total. The van der Waals surface area contributed by atoms with Crippen LogP contribution < -0.4 is 14.8 Å². The molecule has 1 heterocycles. The number of methoxy groups -OCH3 is 2. The molecule has 1 saturated heterocycles. The molecule has 3 rings (SSSR count). The fourth-order valence-corrected chi connectivity index (χ4v) is 3.21. The number of aliphatic imine (C=N–C) groups is 1. The molecule has 1 aliphatic rings. The molecule has 0 spiro atoms. The summed E-state index contributed by atoms with van der Waals surface area (Å²) in [7, 11) is 3.17. The Morgan fingerprint density at radius 3 is 2.56 bits per heavy atom. The Morgan fingerprint density at radius 1 is 1.08 bits per heavy atom. The topological polar surface area (TPSA) is 59.9 Å². The SMILES string of the molecule is COc1ccc(/C=C2\SC(=Nc3ccccc3C)NC2=O)cc1OC. The number of thioether (sulfide) groups is 1. The molecule has 0 radical (unpaired) electrons. The Kier molecular flexibility index (Phi) is 5.09. The summed E-state index contributed by atoms with van der Waals surface area (Å²) >= 11 is 1.32. The number of aryl methyl sites for hydroxylation is 1. The number of hydrogen-bond donors (Lipinski definition) is 1. The number of ether oxygens (including phenoxy) is 2. The zero-order valence-electron chi connectivity index (χ0n) is 14.2. The van der Waals surface area contributed by atoms with E-state index in [4.69, 9.17) is 9.47 Å². The molecular formula is C19H18N2O3S. The van der Waals surface area contributed by atoms with E-state index in [0.717, 1.165) is 16.8 Å². The number of nitrogens with zero attached hydrogens (tertiary/aromatic N) is 1. The number of hydrogen-bond acceptors (Lipinski definition) is 5. The van der Waals surface area contributed by atoms with Crippen molar-refractivity contribution >= 4 is 34.6 Å². The maximum Gasteiger partial charge on any atom is 0.264 e. The van der Waals surface area contributed by atoms with E-state index < -0.39 is 0 Å². The summed E-state index contributed by atoms with van der Waals surface area (Å²) in [4.78, 5) is 17.3. The van der Waals surface area contributed by atoms with E-state index in [-0.39, 0.29) is 5.91 Å². The highest BCUT2D eigenvalue weighted by molar-refractivity contribution is 8.18. The van der Waals surface area contributed by atoms with Crippen LogP contribution in [0.15, 0.2) is 52.4 Å². The number of amidine groups is 1. The molecule has 128 valence electrons. The Bertz CT molecular complexity index is 875. The van der Waals surface area contributed by atoms with Gasteiger partial charge < -0.3 is 14.8 Å². The molecule has 0 bridgehead atoms. The quantitative estimate of drug-likeness (QED) is 0.846. The molecule has 0 aromatic heterocycles. The van der Waals surface area contributed by atoms with Crippen LogP contribution in [0.5, 0.6) is 11.5 Å². The lowest BCUT2D eigenvalue weighted by Gasteiger charge is -2.07. The predicted molar refractivity (Wildman–Crippen MR) is 102 cm³/mol. The largest absolute Gasteiger partial charge is 0.493 e. The summed E-state index contributed by atoms with van der Waals surface area (Å²) in [6.45, 7) is 1.99. The first-order chi connectivity index (χ1) is 12.1. The van der Waals surface area contributed by atoms with Crippen molar-refractivity contribution in [2.24, 2.45) is 4.99 Å². The summed E-state index contributed by atoms with van der Waals surface area (Å²) in [5.74, 6) is 1.11. The lowest BCUT2D eigenvalue weighted by molar-refractivity contribution is -0.115. The number of amides is 1. The second-order valence-electron chi connectivity index (χ2n) is 5.38. The number of carbonyl (C=O) groups is 1. The van der Waals surface area contributed by atoms with Crippen LogP contribution in [0.1, 0.15) is 11.1 Å². The van der Waals surface area contributed by atoms with Gasteiger partial charge in [0, 0.05) is 0 Å². The molecule has 0 saturated carbocycles. The molecule has 6 heteroatoms. The number of carbonyl (C=O) groups excluding carboxylic acids is 1. The summed E-state index contributed by atoms with van der Waals surface area (Å²) < 4.78 is 10.5. The van der Waals surface area contributed by atoms with Gasteiger partial charge in [-0.3, -0.25) is 4.79 Å². The summed E-state index contributed by atoms with van der Waals surface area (Å²) in [6, 6.07) is 13.3. The molecule has 2 aromatic rings. The van der Waals surface area contributed by atoms with Gasteiger partial charge in [-0.05, 0) is 54.1 Å². The van der Waals surface area contributed by atoms with Crippen LogP contribution in [0, 0.1) is 6.92 Å². The molecule has 2 aromatic carbocycles. The van der Waals surface area contributed by atoms with Crippen LogP contribution in [0.3, 0.4) is 0 Å². The first-order valence-electron chi connectivity index (χ1n) is 7.68. The smallest absolute Gasteiger partial charge is 0.264 e. The van der Waals surface area contributed by atoms with E-state index in [9.17, 15) is 4.79 Å². The summed E-state index contributed by atoms with van der Waals surface area (Å²) in [5, 5.41) is 3.38. The molecule has 0 aliphatic carbocycles. The monoisotopic (exact) mass is 354 g/mol. The van der Waals surface area contributed by atoms with Gasteiger partial charge in [0.2, 0.25) is 0 Å². The fourth-order valence-electron chi connectivity index (χ4n) is 2.37. The standard InChI is InChI=1S/C19H18N2O3S/c1-12-6-4-5-7-14(12)20-19-21-18(22)17(25-19)11-13-8-9-15(23-2)16(10-13)24-3/h4-11H,1-3H3,(H,20,21,22)/b17-11-. The van der Waals surface area contributed by atoms with Crippen LogP contribution in [0.4, 0.5) is 5.69 Å². The number of para-hydroxylation sites is 1. The second kappa shape index (κ2) is 7.44. The van der Waals surface area contributed by atoms with Gasteiger partial charge in [-0.25, -0.2) is 4.99 Å².